The lowest BCUT2D eigenvalue weighted by Crippen LogP contribution is -2.45. The van der Waals surface area contributed by atoms with Crippen LogP contribution in [0.1, 0.15) is 18.9 Å². The molecule has 2 amide bonds. The minimum atomic E-state index is -0.552. The minimum absolute atomic E-state index is 0.229. The van der Waals surface area contributed by atoms with E-state index in [2.05, 4.69) is 42.7 Å². The maximum Gasteiger partial charge on any atom is 0.262 e. The van der Waals surface area contributed by atoms with Crippen LogP contribution in [0.25, 0.3) is 6.08 Å². The predicted molar refractivity (Wildman–Crippen MR) is 85.1 cm³/mol. The van der Waals surface area contributed by atoms with Crippen LogP contribution in [-0.2, 0) is 9.59 Å². The third-order valence-electron chi connectivity index (χ3n) is 3.28. The summed E-state index contributed by atoms with van der Waals surface area (Å²) >= 11 is 6.81. The average molecular weight is 402 g/mol. The second-order valence-corrected chi connectivity index (χ2v) is 8.67. The van der Waals surface area contributed by atoms with Gasteiger partial charge in [-0.2, -0.15) is 0 Å². The van der Waals surface area contributed by atoms with Crippen molar-refractivity contribution in [2.45, 2.75) is 16.6 Å². The second-order valence-electron chi connectivity index (χ2n) is 4.90. The lowest BCUT2D eigenvalue weighted by molar-refractivity contribution is -0.130. The molecule has 1 aromatic rings. The minimum Gasteiger partial charge on any atom is -0.273 e. The van der Waals surface area contributed by atoms with Crippen molar-refractivity contribution < 1.29 is 9.59 Å². The van der Waals surface area contributed by atoms with E-state index in [9.17, 15) is 9.59 Å². The number of hydrogen-bond acceptors (Lipinski definition) is 2. The van der Waals surface area contributed by atoms with Gasteiger partial charge in [0.2, 0.25) is 5.91 Å². The van der Waals surface area contributed by atoms with Gasteiger partial charge in [-0.1, -0.05) is 62.2 Å². The van der Waals surface area contributed by atoms with E-state index in [4.69, 9.17) is 0 Å². The van der Waals surface area contributed by atoms with Crippen LogP contribution >= 0.6 is 31.9 Å². The molecule has 20 heavy (non-hydrogen) atoms. The van der Waals surface area contributed by atoms with Crippen LogP contribution in [0.3, 0.4) is 0 Å². The highest BCUT2D eigenvalue weighted by atomic mass is 79.9. The summed E-state index contributed by atoms with van der Waals surface area (Å²) in [4.78, 5) is 23.5. The van der Waals surface area contributed by atoms with Gasteiger partial charge in [0.1, 0.15) is 0 Å². The Morgan fingerprint density at radius 2 is 1.80 bits per heavy atom. The first-order chi connectivity index (χ1) is 9.35. The number of amides is 2. The third kappa shape index (κ3) is 3.30. The number of alkyl halides is 2. The van der Waals surface area contributed by atoms with Crippen LogP contribution in [0, 0.1) is 5.41 Å². The number of halogens is 2. The fourth-order valence-electron chi connectivity index (χ4n) is 1.68. The topological polar surface area (TPSA) is 58.2 Å². The highest BCUT2D eigenvalue weighted by Gasteiger charge is 2.66. The molecule has 4 nitrogen and oxygen atoms in total. The first kappa shape index (κ1) is 15.3. The molecule has 1 aliphatic rings. The van der Waals surface area contributed by atoms with Crippen molar-refractivity contribution in [3.63, 3.8) is 0 Å². The normalized spacial score (nSPS) is 23.4. The molecule has 0 saturated heterocycles. The molecule has 1 aromatic carbocycles. The Bertz CT molecular complexity index is 558. The van der Waals surface area contributed by atoms with Crippen LogP contribution in [0.15, 0.2) is 36.4 Å². The van der Waals surface area contributed by atoms with E-state index in [0.29, 0.717) is 6.42 Å². The number of hydrogen-bond donors (Lipinski definition) is 2. The van der Waals surface area contributed by atoms with Crippen molar-refractivity contribution in [2.24, 2.45) is 5.41 Å². The number of rotatable bonds is 3. The molecule has 0 bridgehead atoms. The van der Waals surface area contributed by atoms with Gasteiger partial charge in [0.15, 0.2) is 0 Å². The van der Waals surface area contributed by atoms with Gasteiger partial charge in [0.05, 0.1) is 8.65 Å². The van der Waals surface area contributed by atoms with E-state index < -0.39 is 5.41 Å². The molecule has 1 saturated carbocycles. The Hall–Kier alpha value is -1.14. The van der Waals surface area contributed by atoms with E-state index in [-0.39, 0.29) is 15.0 Å². The molecule has 0 radical (unpaired) electrons. The first-order valence-electron chi connectivity index (χ1n) is 6.06. The lowest BCUT2D eigenvalue weighted by atomic mass is 10.1. The summed E-state index contributed by atoms with van der Waals surface area (Å²) in [7, 11) is 0. The van der Waals surface area contributed by atoms with Crippen molar-refractivity contribution in [1.29, 1.82) is 0 Å². The summed E-state index contributed by atoms with van der Waals surface area (Å²) in [6.07, 6.45) is 3.72. The molecular weight excluding hydrogens is 388 g/mol. The number of hydrazine groups is 1. The molecule has 1 fully saturated rings. The molecule has 6 heteroatoms. The zero-order valence-electron chi connectivity index (χ0n) is 10.8. The highest BCUT2D eigenvalue weighted by molar-refractivity contribution is 9.25. The fourth-order valence-corrected chi connectivity index (χ4v) is 3.16. The van der Waals surface area contributed by atoms with Crippen LogP contribution in [0.2, 0.25) is 0 Å². The summed E-state index contributed by atoms with van der Waals surface area (Å²) in [6.45, 7) is 1.82. The number of benzene rings is 1. The van der Waals surface area contributed by atoms with E-state index in [1.54, 1.807) is 6.08 Å². The summed E-state index contributed by atoms with van der Waals surface area (Å²) in [5.74, 6) is -0.603. The fraction of sp³-hybridized carbons (Fsp3) is 0.286. The lowest BCUT2D eigenvalue weighted by Gasteiger charge is -2.12. The van der Waals surface area contributed by atoms with Crippen molar-refractivity contribution in [1.82, 2.24) is 10.9 Å². The van der Waals surface area contributed by atoms with Crippen molar-refractivity contribution in [3.05, 3.63) is 42.0 Å². The number of nitrogens with one attached hydrogen (secondary N) is 2. The zero-order chi connectivity index (χ0) is 14.8. The SMILES string of the molecule is C[C@@]1(C(=O)NNC(=O)/C=C\c2ccccc2)CC1(Br)Br. The van der Waals surface area contributed by atoms with E-state index in [1.807, 2.05) is 37.3 Å². The number of carbonyl (C=O) groups excluding carboxylic acids is 2. The Labute approximate surface area is 134 Å². The van der Waals surface area contributed by atoms with Crippen molar-refractivity contribution >= 4 is 49.8 Å². The van der Waals surface area contributed by atoms with Gasteiger partial charge in [-0.25, -0.2) is 0 Å². The van der Waals surface area contributed by atoms with E-state index >= 15 is 0 Å². The standard InChI is InChI=1S/C14H14Br2N2O2/c1-13(9-14(13,15)16)12(20)18-17-11(19)8-7-10-5-3-2-4-6-10/h2-8H,9H2,1H3,(H,17,19)(H,18,20)/b8-7-/t13-/m0/s1. The summed E-state index contributed by atoms with van der Waals surface area (Å²) in [5, 5.41) is 0. The molecule has 0 aromatic heterocycles. The van der Waals surface area contributed by atoms with Gasteiger partial charge in [-0.3, -0.25) is 20.4 Å². The van der Waals surface area contributed by atoms with Gasteiger partial charge >= 0.3 is 0 Å². The molecule has 0 aliphatic heterocycles. The van der Waals surface area contributed by atoms with Crippen molar-refractivity contribution in [2.75, 3.05) is 0 Å². The molecule has 1 aliphatic carbocycles. The van der Waals surface area contributed by atoms with Gasteiger partial charge in [-0.05, 0) is 25.0 Å². The van der Waals surface area contributed by atoms with Crippen LogP contribution < -0.4 is 10.9 Å². The summed E-state index contributed by atoms with van der Waals surface area (Å²) in [5.41, 5.74) is 5.16. The first-order valence-corrected chi connectivity index (χ1v) is 7.65. The van der Waals surface area contributed by atoms with Crippen LogP contribution in [0.5, 0.6) is 0 Å². The monoisotopic (exact) mass is 400 g/mol. The molecule has 2 N–H and O–H groups in total. The Morgan fingerprint density at radius 1 is 1.20 bits per heavy atom. The van der Waals surface area contributed by atoms with Gasteiger partial charge in [0.25, 0.3) is 5.91 Å². The van der Waals surface area contributed by atoms with Crippen LogP contribution in [0.4, 0.5) is 0 Å². The highest BCUT2D eigenvalue weighted by Crippen LogP contribution is 2.66. The number of carbonyl (C=O) groups is 2. The molecule has 2 rings (SSSR count). The Kier molecular flexibility index (Phi) is 4.34. The molecular formula is C14H14Br2N2O2. The van der Waals surface area contributed by atoms with Gasteiger partial charge in [-0.15, -0.1) is 0 Å². The Balaban J connectivity index is 1.82. The van der Waals surface area contributed by atoms with Crippen LogP contribution in [-0.4, -0.2) is 15.0 Å². The Morgan fingerprint density at radius 3 is 2.35 bits per heavy atom. The van der Waals surface area contributed by atoms with E-state index in [0.717, 1.165) is 5.56 Å². The van der Waals surface area contributed by atoms with Crippen molar-refractivity contribution in [3.8, 4) is 0 Å². The molecule has 106 valence electrons. The van der Waals surface area contributed by atoms with Gasteiger partial charge in [0, 0.05) is 6.08 Å². The summed E-state index contributed by atoms with van der Waals surface area (Å²) in [6, 6.07) is 9.45. The average Bonchev–Trinajstić information content (AvgIpc) is 2.95. The quantitative estimate of drug-likeness (QED) is 0.464. The third-order valence-corrected chi connectivity index (χ3v) is 5.60. The molecule has 0 spiro atoms. The predicted octanol–water partition coefficient (Wildman–Crippen LogP) is 2.74. The second kappa shape index (κ2) is 5.69. The molecule has 0 heterocycles. The van der Waals surface area contributed by atoms with Gasteiger partial charge < -0.3 is 0 Å². The molecule has 0 unspecified atom stereocenters. The smallest absolute Gasteiger partial charge is 0.262 e. The maximum absolute atomic E-state index is 11.9. The summed E-state index contributed by atoms with van der Waals surface area (Å²) < 4.78 is -0.373. The molecule has 1 atom stereocenters. The maximum atomic E-state index is 11.9. The zero-order valence-corrected chi connectivity index (χ0v) is 14.0. The largest absolute Gasteiger partial charge is 0.273 e. The van der Waals surface area contributed by atoms with E-state index in [1.165, 1.54) is 6.08 Å².